The van der Waals surface area contributed by atoms with Gasteiger partial charge in [-0.25, -0.2) is 4.98 Å². The summed E-state index contributed by atoms with van der Waals surface area (Å²) in [7, 11) is 0. The van der Waals surface area contributed by atoms with Gasteiger partial charge >= 0.3 is 0 Å². The van der Waals surface area contributed by atoms with Crippen molar-refractivity contribution in [2.45, 2.75) is 25.3 Å². The van der Waals surface area contributed by atoms with Crippen LogP contribution in [-0.4, -0.2) is 35.5 Å². The minimum absolute atomic E-state index is 0.0356. The van der Waals surface area contributed by atoms with Gasteiger partial charge in [-0.05, 0) is 31.9 Å². The number of hydrogen-bond donors (Lipinski definition) is 2. The molecule has 1 aromatic heterocycles. The van der Waals surface area contributed by atoms with Gasteiger partial charge < -0.3 is 15.2 Å². The lowest BCUT2D eigenvalue weighted by molar-refractivity contribution is 0.0378. The number of anilines is 1. The Hall–Kier alpha value is -1.64. The van der Waals surface area contributed by atoms with Gasteiger partial charge in [0.15, 0.2) is 0 Å². The van der Waals surface area contributed by atoms with E-state index in [9.17, 15) is 5.11 Å². The molecule has 5 heteroatoms. The molecular formula is C13H17N3O2. The average Bonchev–Trinajstić information content (AvgIpc) is 2.39. The molecule has 2 rings (SSSR count). The van der Waals surface area contributed by atoms with Crippen molar-refractivity contribution in [3.8, 4) is 6.07 Å². The van der Waals surface area contributed by atoms with Crippen LogP contribution in [0.3, 0.4) is 0 Å². The topological polar surface area (TPSA) is 78.2 Å². The second kappa shape index (κ2) is 5.34. The molecule has 5 nitrogen and oxygen atoms in total. The molecule has 1 saturated heterocycles. The first-order valence-corrected chi connectivity index (χ1v) is 6.03. The molecule has 96 valence electrons. The van der Waals surface area contributed by atoms with Gasteiger partial charge in [0.05, 0.1) is 23.8 Å². The van der Waals surface area contributed by atoms with Crippen LogP contribution in [-0.2, 0) is 4.74 Å². The Morgan fingerprint density at radius 3 is 2.83 bits per heavy atom. The summed E-state index contributed by atoms with van der Waals surface area (Å²) < 4.78 is 5.31. The molecule has 0 saturated carbocycles. The summed E-state index contributed by atoms with van der Waals surface area (Å²) in [5.41, 5.74) is 0.980. The van der Waals surface area contributed by atoms with Gasteiger partial charge in [0.25, 0.3) is 0 Å². The zero-order valence-corrected chi connectivity index (χ0v) is 10.4. The van der Waals surface area contributed by atoms with Crippen LogP contribution >= 0.6 is 0 Å². The lowest BCUT2D eigenvalue weighted by atomic mass is 9.91. The highest BCUT2D eigenvalue weighted by atomic mass is 16.5. The minimum atomic E-state index is -0.383. The van der Waals surface area contributed by atoms with Gasteiger partial charge in [-0.15, -0.1) is 0 Å². The lowest BCUT2D eigenvalue weighted by Gasteiger charge is -2.36. The van der Waals surface area contributed by atoms with Crippen molar-refractivity contribution < 1.29 is 9.84 Å². The van der Waals surface area contributed by atoms with E-state index in [-0.39, 0.29) is 12.1 Å². The molecule has 18 heavy (non-hydrogen) atoms. The van der Waals surface area contributed by atoms with Crippen LogP contribution in [0.5, 0.6) is 0 Å². The van der Waals surface area contributed by atoms with Crippen molar-refractivity contribution in [2.75, 3.05) is 25.1 Å². The van der Waals surface area contributed by atoms with Crippen LogP contribution in [0.15, 0.2) is 12.1 Å². The van der Waals surface area contributed by atoms with Crippen molar-refractivity contribution in [1.82, 2.24) is 4.98 Å². The number of aromatic nitrogens is 1. The lowest BCUT2D eigenvalue weighted by Crippen LogP contribution is -2.47. The number of aliphatic hydroxyl groups excluding tert-OH is 1. The van der Waals surface area contributed by atoms with Crippen LogP contribution in [0.4, 0.5) is 5.82 Å². The smallest absolute Gasteiger partial charge is 0.128 e. The third kappa shape index (κ3) is 2.78. The fourth-order valence-corrected chi connectivity index (χ4v) is 2.15. The van der Waals surface area contributed by atoms with Crippen molar-refractivity contribution >= 4 is 5.82 Å². The first-order valence-electron chi connectivity index (χ1n) is 6.03. The molecule has 1 aromatic rings. The standard InChI is InChI=1S/C13H17N3O2/c1-10-6-11(8-14)7-12(15-10)16-13(9-17)2-4-18-5-3-13/h6-7,17H,2-5,9H2,1H3,(H,15,16). The molecular weight excluding hydrogens is 230 g/mol. The number of hydrogen-bond acceptors (Lipinski definition) is 5. The predicted molar refractivity (Wildman–Crippen MR) is 67.2 cm³/mol. The third-order valence-corrected chi connectivity index (χ3v) is 3.23. The molecule has 0 unspecified atom stereocenters. The summed E-state index contributed by atoms with van der Waals surface area (Å²) in [6.45, 7) is 3.14. The van der Waals surface area contributed by atoms with Gasteiger partial charge in [0.2, 0.25) is 0 Å². The molecule has 0 bridgehead atoms. The minimum Gasteiger partial charge on any atom is -0.394 e. The number of pyridine rings is 1. The maximum Gasteiger partial charge on any atom is 0.128 e. The van der Waals surface area contributed by atoms with Crippen LogP contribution < -0.4 is 5.32 Å². The average molecular weight is 247 g/mol. The summed E-state index contributed by atoms with van der Waals surface area (Å²) in [6, 6.07) is 5.55. The van der Waals surface area contributed by atoms with E-state index >= 15 is 0 Å². The summed E-state index contributed by atoms with van der Waals surface area (Å²) in [5, 5.41) is 21.8. The zero-order valence-electron chi connectivity index (χ0n) is 10.4. The Morgan fingerprint density at radius 1 is 1.50 bits per heavy atom. The fourth-order valence-electron chi connectivity index (χ4n) is 2.15. The van der Waals surface area contributed by atoms with E-state index in [2.05, 4.69) is 16.4 Å². The van der Waals surface area contributed by atoms with Crippen LogP contribution in [0.25, 0.3) is 0 Å². The van der Waals surface area contributed by atoms with Crippen molar-refractivity contribution in [3.05, 3.63) is 23.4 Å². The van der Waals surface area contributed by atoms with Gasteiger partial charge in [-0.2, -0.15) is 5.26 Å². The van der Waals surface area contributed by atoms with E-state index in [0.717, 1.165) is 18.5 Å². The van der Waals surface area contributed by atoms with E-state index < -0.39 is 0 Å². The number of nitrogens with zero attached hydrogens (tertiary/aromatic N) is 2. The van der Waals surface area contributed by atoms with E-state index in [1.807, 2.05) is 6.92 Å². The quantitative estimate of drug-likeness (QED) is 0.839. The van der Waals surface area contributed by atoms with Gasteiger partial charge in [0, 0.05) is 18.9 Å². The van der Waals surface area contributed by atoms with Crippen molar-refractivity contribution in [3.63, 3.8) is 0 Å². The molecule has 1 fully saturated rings. The largest absolute Gasteiger partial charge is 0.394 e. The van der Waals surface area contributed by atoms with Gasteiger partial charge in [0.1, 0.15) is 5.82 Å². The maximum absolute atomic E-state index is 9.59. The highest BCUT2D eigenvalue weighted by molar-refractivity contribution is 5.46. The molecule has 0 amide bonds. The van der Waals surface area contributed by atoms with Gasteiger partial charge in [-0.3, -0.25) is 0 Å². The normalized spacial score (nSPS) is 18.1. The monoisotopic (exact) mass is 247 g/mol. The molecule has 0 atom stereocenters. The third-order valence-electron chi connectivity index (χ3n) is 3.23. The summed E-state index contributed by atoms with van der Waals surface area (Å²) >= 11 is 0. The van der Waals surface area contributed by atoms with Gasteiger partial charge in [-0.1, -0.05) is 0 Å². The molecule has 1 aliphatic heterocycles. The van der Waals surface area contributed by atoms with E-state index in [1.165, 1.54) is 0 Å². The Kier molecular flexibility index (Phi) is 3.80. The molecule has 0 aliphatic carbocycles. The number of ether oxygens (including phenoxy) is 1. The molecule has 0 radical (unpaired) electrons. The van der Waals surface area contributed by atoms with Crippen molar-refractivity contribution in [2.24, 2.45) is 0 Å². The molecule has 2 N–H and O–H groups in total. The Balaban J connectivity index is 2.21. The highest BCUT2D eigenvalue weighted by Crippen LogP contribution is 2.25. The van der Waals surface area contributed by atoms with Crippen LogP contribution in [0.2, 0.25) is 0 Å². The number of nitrogens with one attached hydrogen (secondary N) is 1. The maximum atomic E-state index is 9.59. The number of rotatable bonds is 3. The number of aliphatic hydroxyl groups is 1. The van der Waals surface area contributed by atoms with Crippen LogP contribution in [0.1, 0.15) is 24.1 Å². The molecule has 2 heterocycles. The fraction of sp³-hybridized carbons (Fsp3) is 0.538. The second-order valence-corrected chi connectivity index (χ2v) is 4.67. The highest BCUT2D eigenvalue weighted by Gasteiger charge is 2.32. The summed E-state index contributed by atoms with van der Waals surface area (Å²) in [5.74, 6) is 0.641. The molecule has 0 spiro atoms. The van der Waals surface area contributed by atoms with Crippen molar-refractivity contribution in [1.29, 1.82) is 5.26 Å². The Bertz CT molecular complexity index is 462. The Labute approximate surface area is 106 Å². The molecule has 1 aliphatic rings. The number of nitriles is 1. The van der Waals surface area contributed by atoms with E-state index in [0.29, 0.717) is 24.6 Å². The first-order chi connectivity index (χ1) is 8.67. The molecule has 0 aromatic carbocycles. The van der Waals surface area contributed by atoms with E-state index in [4.69, 9.17) is 10.00 Å². The zero-order chi connectivity index (χ0) is 13.0. The second-order valence-electron chi connectivity index (χ2n) is 4.67. The summed E-state index contributed by atoms with van der Waals surface area (Å²) in [4.78, 5) is 4.35. The van der Waals surface area contributed by atoms with Crippen LogP contribution in [0, 0.1) is 18.3 Å². The Morgan fingerprint density at radius 2 is 2.22 bits per heavy atom. The van der Waals surface area contributed by atoms with E-state index in [1.54, 1.807) is 12.1 Å². The first kappa shape index (κ1) is 12.8. The SMILES string of the molecule is Cc1cc(C#N)cc(NC2(CO)CCOCC2)n1. The number of aryl methyl sites for hydroxylation is 1. The predicted octanol–water partition coefficient (Wildman–Crippen LogP) is 1.22. The summed E-state index contributed by atoms with van der Waals surface area (Å²) in [6.07, 6.45) is 1.47.